The fraction of sp³-hybridized carbons (Fsp3) is 0.0400. The Kier molecular flexibility index (Phi) is 7.36. The first-order chi connectivity index (χ1) is 26.7. The third-order valence-corrected chi connectivity index (χ3v) is 10.8. The van der Waals surface area contributed by atoms with Crippen molar-refractivity contribution in [1.29, 1.82) is 10.5 Å². The molecule has 0 radical (unpaired) electrons. The van der Waals surface area contributed by atoms with E-state index in [0.29, 0.717) is 28.2 Å². The molecule has 1 aliphatic rings. The fourth-order valence-corrected chi connectivity index (χ4v) is 8.30. The van der Waals surface area contributed by atoms with E-state index in [2.05, 4.69) is 121 Å². The molecule has 0 atom stereocenters. The molecule has 0 amide bonds. The highest BCUT2D eigenvalue weighted by Crippen LogP contribution is 2.45. The highest BCUT2D eigenvalue weighted by atomic mass is 14.9. The van der Waals surface area contributed by atoms with Crippen LogP contribution in [0.3, 0.4) is 0 Å². The first kappa shape index (κ1) is 31.3. The minimum atomic E-state index is 0.438. The van der Waals surface area contributed by atoms with E-state index in [1.807, 2.05) is 42.5 Å². The van der Waals surface area contributed by atoms with Gasteiger partial charge >= 0.3 is 0 Å². The number of rotatable bonds is 4. The smallest absolute Gasteiger partial charge is 0.161 e. The van der Waals surface area contributed by atoms with Crippen molar-refractivity contribution >= 4 is 49.3 Å². The lowest BCUT2D eigenvalue weighted by Crippen LogP contribution is -2.01. The number of aryl methyl sites for hydroxylation is 1. The third kappa shape index (κ3) is 4.97. The summed E-state index contributed by atoms with van der Waals surface area (Å²) in [4.78, 5) is 10.6. The fourth-order valence-electron chi connectivity index (χ4n) is 8.30. The first-order valence-electron chi connectivity index (χ1n) is 18.2. The van der Waals surface area contributed by atoms with E-state index in [9.17, 15) is 10.5 Å². The van der Waals surface area contributed by atoms with Gasteiger partial charge in [-0.15, -0.1) is 0 Å². The van der Waals surface area contributed by atoms with Crippen LogP contribution in [0.25, 0.3) is 94.2 Å². The zero-order valence-electron chi connectivity index (χ0n) is 29.2. The maximum atomic E-state index is 10.4. The summed E-state index contributed by atoms with van der Waals surface area (Å²) in [6.45, 7) is 0. The van der Waals surface area contributed by atoms with Gasteiger partial charge in [-0.3, -0.25) is 0 Å². The van der Waals surface area contributed by atoms with Crippen molar-refractivity contribution in [2.75, 3.05) is 0 Å². The maximum absolute atomic E-state index is 10.4. The number of aromatic nitrogens is 2. The zero-order chi connectivity index (χ0) is 36.2. The summed E-state index contributed by atoms with van der Waals surface area (Å²) in [5, 5.41) is 28.4. The van der Waals surface area contributed by atoms with Crippen LogP contribution in [0.5, 0.6) is 0 Å². The van der Waals surface area contributed by atoms with Crippen molar-refractivity contribution in [1.82, 2.24) is 9.97 Å². The zero-order valence-corrected chi connectivity index (χ0v) is 29.2. The number of fused-ring (bicyclic) bond motifs is 7. The lowest BCUT2D eigenvalue weighted by molar-refractivity contribution is 0.990. The number of nitrogens with zero attached hydrogens (tertiary/aromatic N) is 4. The van der Waals surface area contributed by atoms with E-state index >= 15 is 0 Å². The summed E-state index contributed by atoms with van der Waals surface area (Å²) in [5.41, 5.74) is 10.6. The van der Waals surface area contributed by atoms with Gasteiger partial charge in [0.1, 0.15) is 0 Å². The van der Waals surface area contributed by atoms with Crippen LogP contribution in [0.4, 0.5) is 0 Å². The van der Waals surface area contributed by atoms with Gasteiger partial charge in [0.2, 0.25) is 0 Å². The molecule has 1 aromatic heterocycles. The van der Waals surface area contributed by atoms with Crippen molar-refractivity contribution in [3.05, 3.63) is 174 Å². The van der Waals surface area contributed by atoms with Gasteiger partial charge in [-0.05, 0) is 115 Å². The maximum Gasteiger partial charge on any atom is 0.161 e. The third-order valence-electron chi connectivity index (χ3n) is 10.8. The molecule has 0 N–H and O–H groups in total. The molecular weight excluding hydrogens is 657 g/mol. The van der Waals surface area contributed by atoms with Crippen LogP contribution >= 0.6 is 0 Å². The topological polar surface area (TPSA) is 73.4 Å². The molecule has 0 fully saturated rings. The number of benzene rings is 8. The number of hydrogen-bond acceptors (Lipinski definition) is 4. The quantitative estimate of drug-likeness (QED) is 0.173. The molecule has 10 rings (SSSR count). The van der Waals surface area contributed by atoms with Crippen LogP contribution in [0, 0.1) is 22.7 Å². The molecule has 1 heterocycles. The number of nitriles is 2. The van der Waals surface area contributed by atoms with Crippen LogP contribution in [0.2, 0.25) is 0 Å². The molecule has 4 heteroatoms. The van der Waals surface area contributed by atoms with Crippen LogP contribution in [0.15, 0.2) is 152 Å². The predicted molar refractivity (Wildman–Crippen MR) is 221 cm³/mol. The second-order valence-corrected chi connectivity index (χ2v) is 13.8. The van der Waals surface area contributed by atoms with Crippen molar-refractivity contribution < 1.29 is 0 Å². The van der Waals surface area contributed by atoms with E-state index in [0.717, 1.165) is 67.7 Å². The Morgan fingerprint density at radius 1 is 0.481 bits per heavy atom. The van der Waals surface area contributed by atoms with Gasteiger partial charge in [0, 0.05) is 22.1 Å². The Bertz CT molecular complexity index is 3140. The Balaban J connectivity index is 1.41. The van der Waals surface area contributed by atoms with Gasteiger partial charge in [-0.1, -0.05) is 115 Å². The highest BCUT2D eigenvalue weighted by molar-refractivity contribution is 6.17. The van der Waals surface area contributed by atoms with Crippen LogP contribution in [-0.2, 0) is 6.42 Å². The molecule has 8 aromatic carbocycles. The van der Waals surface area contributed by atoms with E-state index in [1.54, 1.807) is 6.07 Å². The summed E-state index contributed by atoms with van der Waals surface area (Å²) in [5.74, 6) is 0.438. The normalized spacial score (nSPS) is 12.2. The molecule has 9 aromatic rings. The van der Waals surface area contributed by atoms with E-state index in [4.69, 9.17) is 9.97 Å². The van der Waals surface area contributed by atoms with Gasteiger partial charge in [0.05, 0.1) is 34.5 Å². The molecular formula is C50H30N4. The first-order valence-corrected chi connectivity index (χ1v) is 18.2. The molecule has 250 valence electrons. The number of allylic oxidation sites excluding steroid dienone is 1. The van der Waals surface area contributed by atoms with E-state index in [1.165, 1.54) is 27.3 Å². The number of hydrogen-bond donors (Lipinski definition) is 0. The molecule has 0 saturated heterocycles. The Morgan fingerprint density at radius 3 is 1.89 bits per heavy atom. The van der Waals surface area contributed by atoms with Crippen LogP contribution < -0.4 is 0 Å². The van der Waals surface area contributed by atoms with Crippen molar-refractivity contribution in [2.24, 2.45) is 0 Å². The average molecular weight is 687 g/mol. The Morgan fingerprint density at radius 2 is 1.11 bits per heavy atom. The van der Waals surface area contributed by atoms with Crippen molar-refractivity contribution in [3.8, 4) is 57.0 Å². The van der Waals surface area contributed by atoms with E-state index in [-0.39, 0.29) is 0 Å². The van der Waals surface area contributed by atoms with Gasteiger partial charge in [0.15, 0.2) is 5.82 Å². The second kappa shape index (κ2) is 12.7. The van der Waals surface area contributed by atoms with E-state index < -0.39 is 0 Å². The summed E-state index contributed by atoms with van der Waals surface area (Å²) in [6, 6.07) is 54.7. The van der Waals surface area contributed by atoms with Crippen LogP contribution in [0.1, 0.15) is 28.7 Å². The molecule has 4 nitrogen and oxygen atoms in total. The predicted octanol–water partition coefficient (Wildman–Crippen LogP) is 12.5. The average Bonchev–Trinajstić information content (AvgIpc) is 3.25. The molecule has 0 bridgehead atoms. The van der Waals surface area contributed by atoms with Gasteiger partial charge in [-0.2, -0.15) is 10.5 Å². The summed E-state index contributed by atoms with van der Waals surface area (Å²) in [7, 11) is 0. The molecule has 54 heavy (non-hydrogen) atoms. The minimum absolute atomic E-state index is 0.438. The van der Waals surface area contributed by atoms with Gasteiger partial charge < -0.3 is 0 Å². The molecule has 0 unspecified atom stereocenters. The lowest BCUT2D eigenvalue weighted by Gasteiger charge is -2.20. The minimum Gasteiger partial charge on any atom is -0.227 e. The summed E-state index contributed by atoms with van der Waals surface area (Å²) in [6.07, 6.45) is 6.52. The second-order valence-electron chi connectivity index (χ2n) is 13.8. The van der Waals surface area contributed by atoms with Crippen LogP contribution in [-0.4, -0.2) is 9.97 Å². The Labute approximate surface area is 312 Å². The SMILES string of the molecule is N#Cc1ccccc1-c1nc(-c2ccccc2C#N)c2cc(-c3cc4c(c5ccccc35)C=CCC4)cc(-c3cc4ccccc4c4ccccc34)c2n1. The standard InChI is InChI=1S/C50H30N4/c51-29-33-15-3-7-19-38(33)48-47-28-35(44-25-31-13-1-5-17-36(31)40-21-9-11-23-42(40)44)27-46(49(47)54-50(53-48)39-20-8-4-16-34(39)30-52)45-26-32-14-2-6-18-37(32)41-22-10-12-24-43(41)45/h2-12,14-28H,1,13H2. The summed E-state index contributed by atoms with van der Waals surface area (Å²) >= 11 is 0. The van der Waals surface area contributed by atoms with Gasteiger partial charge in [-0.25, -0.2) is 9.97 Å². The molecule has 0 spiro atoms. The molecule has 0 saturated carbocycles. The van der Waals surface area contributed by atoms with Crippen molar-refractivity contribution in [2.45, 2.75) is 12.8 Å². The summed E-state index contributed by atoms with van der Waals surface area (Å²) < 4.78 is 0. The Hall–Kier alpha value is -7.40. The molecule has 0 aliphatic heterocycles. The highest BCUT2D eigenvalue weighted by Gasteiger charge is 2.23. The molecule has 1 aliphatic carbocycles. The van der Waals surface area contributed by atoms with Crippen molar-refractivity contribution in [3.63, 3.8) is 0 Å². The monoisotopic (exact) mass is 686 g/mol. The largest absolute Gasteiger partial charge is 0.227 e. The van der Waals surface area contributed by atoms with Gasteiger partial charge in [0.25, 0.3) is 0 Å². The lowest BCUT2D eigenvalue weighted by atomic mass is 9.85.